The molecule has 12 nitrogen and oxygen atoms in total. The van der Waals surface area contributed by atoms with Crippen LogP contribution in [0.15, 0.2) is 24.3 Å². The maximum atomic E-state index is 12.9. The van der Waals surface area contributed by atoms with Crippen molar-refractivity contribution < 1.29 is 48.9 Å². The van der Waals surface area contributed by atoms with Crippen LogP contribution >= 0.6 is 0 Å². The number of hydrogen-bond acceptors (Lipinski definition) is 6. The molecule has 0 fully saturated rings. The summed E-state index contributed by atoms with van der Waals surface area (Å²) in [6, 6.07) is 0.150. The molecule has 0 aliphatic heterocycles. The van der Waals surface area contributed by atoms with Gasteiger partial charge in [0.15, 0.2) is 6.04 Å². The molecule has 176 valence electrons. The lowest BCUT2D eigenvalue weighted by Crippen LogP contribution is -2.52. The minimum Gasteiger partial charge on any atom is -0.481 e. The van der Waals surface area contributed by atoms with Crippen LogP contribution in [0, 0.1) is 5.82 Å². The van der Waals surface area contributed by atoms with E-state index in [2.05, 4.69) is 5.32 Å². The molecule has 1 rings (SSSR count). The van der Waals surface area contributed by atoms with Gasteiger partial charge in [-0.15, -0.1) is 0 Å². The zero-order valence-electron chi connectivity index (χ0n) is 16.9. The van der Waals surface area contributed by atoms with Crippen molar-refractivity contribution in [3.05, 3.63) is 35.6 Å². The molecular formula is C19H24FN3O9. The number of unbranched alkanes of at least 4 members (excludes halogenated alkanes) is 1. The van der Waals surface area contributed by atoms with Gasteiger partial charge in [-0.25, -0.2) is 18.8 Å². The molecule has 0 aliphatic carbocycles. The monoisotopic (exact) mass is 457 g/mol. The number of carbonyl (C=O) groups excluding carboxylic acids is 2. The number of benzene rings is 1. The van der Waals surface area contributed by atoms with Crippen LogP contribution in [0.25, 0.3) is 0 Å². The van der Waals surface area contributed by atoms with Crippen LogP contribution in [-0.4, -0.2) is 74.1 Å². The molecule has 0 saturated heterocycles. The van der Waals surface area contributed by atoms with Crippen molar-refractivity contribution in [2.24, 2.45) is 0 Å². The third kappa shape index (κ3) is 8.95. The maximum absolute atomic E-state index is 12.9. The molecular weight excluding hydrogens is 433 g/mol. The number of hydrogen-bond donors (Lipinski definition) is 6. The number of rotatable bonds is 13. The highest BCUT2D eigenvalue weighted by Crippen LogP contribution is 2.08. The van der Waals surface area contributed by atoms with Crippen LogP contribution in [0.3, 0.4) is 0 Å². The Morgan fingerprint density at radius 3 is 2.09 bits per heavy atom. The molecule has 0 aromatic heterocycles. The lowest BCUT2D eigenvalue weighted by molar-refractivity contribution is -0.158. The van der Waals surface area contributed by atoms with Gasteiger partial charge in [0, 0.05) is 18.5 Å². The number of nitrogens with zero attached hydrogens (tertiary/aromatic N) is 1. The molecule has 0 heterocycles. The van der Waals surface area contributed by atoms with Gasteiger partial charge in [-0.05, 0) is 49.9 Å². The fourth-order valence-electron chi connectivity index (χ4n) is 2.60. The number of amides is 3. The third-order valence-electron chi connectivity index (χ3n) is 4.33. The molecule has 13 heteroatoms. The number of urea groups is 1. The SMILES string of the molecule is O=C(O)CC[C@@H](C(=O)O)N(O)C(=O)N[C@@H](CCCCNC(=O)c1ccc(F)cc1)C(=O)O. The van der Waals surface area contributed by atoms with Crippen molar-refractivity contribution >= 4 is 29.8 Å². The fraction of sp³-hybridized carbons (Fsp3) is 0.421. The quantitative estimate of drug-likeness (QED) is 0.142. The first-order valence-corrected chi connectivity index (χ1v) is 9.52. The van der Waals surface area contributed by atoms with Crippen molar-refractivity contribution in [2.75, 3.05) is 6.54 Å². The zero-order valence-corrected chi connectivity index (χ0v) is 16.9. The number of nitrogens with one attached hydrogen (secondary N) is 2. The molecule has 0 bridgehead atoms. The Bertz CT molecular complexity index is 832. The largest absolute Gasteiger partial charge is 0.481 e. The summed E-state index contributed by atoms with van der Waals surface area (Å²) < 4.78 is 12.9. The van der Waals surface area contributed by atoms with Crippen LogP contribution in [0.4, 0.5) is 9.18 Å². The lowest BCUT2D eigenvalue weighted by Gasteiger charge is -2.24. The minimum absolute atomic E-state index is 0.0891. The van der Waals surface area contributed by atoms with Gasteiger partial charge in [-0.1, -0.05) is 0 Å². The Labute approximate surface area is 181 Å². The van der Waals surface area contributed by atoms with Gasteiger partial charge in [0.2, 0.25) is 0 Å². The van der Waals surface area contributed by atoms with Crippen molar-refractivity contribution in [1.29, 1.82) is 0 Å². The molecule has 0 aliphatic rings. The maximum Gasteiger partial charge on any atom is 0.342 e. The second-order valence-electron chi connectivity index (χ2n) is 6.73. The summed E-state index contributed by atoms with van der Waals surface area (Å²) in [6.07, 6.45) is -0.721. The third-order valence-corrected chi connectivity index (χ3v) is 4.33. The van der Waals surface area contributed by atoms with Crippen molar-refractivity contribution in [2.45, 2.75) is 44.2 Å². The second-order valence-corrected chi connectivity index (χ2v) is 6.73. The van der Waals surface area contributed by atoms with Crippen LogP contribution < -0.4 is 10.6 Å². The molecule has 3 amide bonds. The van der Waals surface area contributed by atoms with Gasteiger partial charge < -0.3 is 26.0 Å². The van der Waals surface area contributed by atoms with Crippen LogP contribution in [0.2, 0.25) is 0 Å². The molecule has 1 aromatic carbocycles. The van der Waals surface area contributed by atoms with Gasteiger partial charge in [0.25, 0.3) is 5.91 Å². The zero-order chi connectivity index (χ0) is 24.3. The van der Waals surface area contributed by atoms with E-state index in [9.17, 15) is 38.7 Å². The normalized spacial score (nSPS) is 12.3. The Balaban J connectivity index is 2.49. The first kappa shape index (κ1) is 26.3. The van der Waals surface area contributed by atoms with Gasteiger partial charge in [0.1, 0.15) is 11.9 Å². The van der Waals surface area contributed by atoms with Crippen LogP contribution in [-0.2, 0) is 14.4 Å². The van der Waals surface area contributed by atoms with Gasteiger partial charge in [-0.2, -0.15) is 5.06 Å². The highest BCUT2D eigenvalue weighted by atomic mass is 19.1. The summed E-state index contributed by atoms with van der Waals surface area (Å²) >= 11 is 0. The van der Waals surface area contributed by atoms with Gasteiger partial charge in [0.05, 0.1) is 0 Å². The summed E-state index contributed by atoms with van der Waals surface area (Å²) in [4.78, 5) is 57.0. The fourth-order valence-corrected chi connectivity index (χ4v) is 2.60. The number of hydroxylamine groups is 2. The molecule has 0 saturated carbocycles. The second kappa shape index (κ2) is 12.8. The summed E-state index contributed by atoms with van der Waals surface area (Å²) in [6.45, 7) is 0.179. The summed E-state index contributed by atoms with van der Waals surface area (Å²) in [7, 11) is 0. The molecule has 1 aromatic rings. The number of aliphatic carboxylic acids is 3. The number of carboxylic acid groups (broad SMARTS) is 3. The molecule has 0 spiro atoms. The van der Waals surface area contributed by atoms with Crippen LogP contribution in [0.1, 0.15) is 42.5 Å². The van der Waals surface area contributed by atoms with Gasteiger partial charge in [-0.3, -0.25) is 14.8 Å². The Morgan fingerprint density at radius 2 is 1.56 bits per heavy atom. The van der Waals surface area contributed by atoms with E-state index in [0.29, 0.717) is 6.42 Å². The molecule has 0 unspecified atom stereocenters. The van der Waals surface area contributed by atoms with E-state index in [0.717, 1.165) is 12.1 Å². The van der Waals surface area contributed by atoms with E-state index in [4.69, 9.17) is 10.2 Å². The Morgan fingerprint density at radius 1 is 0.938 bits per heavy atom. The average Bonchev–Trinajstić information content (AvgIpc) is 2.72. The summed E-state index contributed by atoms with van der Waals surface area (Å²) in [5, 5.41) is 41.0. The number of carboxylic acids is 3. The number of halogens is 1. The Hall–Kier alpha value is -3.74. The van der Waals surface area contributed by atoms with E-state index < -0.39 is 60.6 Å². The van der Waals surface area contributed by atoms with Crippen molar-refractivity contribution in [3.63, 3.8) is 0 Å². The highest BCUT2D eigenvalue weighted by Gasteiger charge is 2.31. The predicted octanol–water partition coefficient (Wildman–Crippen LogP) is 0.898. The Kier molecular flexibility index (Phi) is 10.6. The molecule has 2 atom stereocenters. The van der Waals surface area contributed by atoms with Crippen molar-refractivity contribution in [3.8, 4) is 0 Å². The van der Waals surface area contributed by atoms with E-state index in [1.165, 1.54) is 12.1 Å². The smallest absolute Gasteiger partial charge is 0.342 e. The topological polar surface area (TPSA) is 194 Å². The average molecular weight is 457 g/mol. The molecule has 32 heavy (non-hydrogen) atoms. The first-order chi connectivity index (χ1) is 15.0. The number of carbonyl (C=O) groups is 5. The van der Waals surface area contributed by atoms with E-state index in [1.54, 1.807) is 0 Å². The van der Waals surface area contributed by atoms with Gasteiger partial charge >= 0.3 is 23.9 Å². The summed E-state index contributed by atoms with van der Waals surface area (Å²) in [5.74, 6) is -5.35. The highest BCUT2D eigenvalue weighted by molar-refractivity contribution is 5.94. The van der Waals surface area contributed by atoms with E-state index in [-0.39, 0.29) is 30.0 Å². The summed E-state index contributed by atoms with van der Waals surface area (Å²) in [5.41, 5.74) is 0.251. The van der Waals surface area contributed by atoms with E-state index in [1.807, 2.05) is 5.32 Å². The van der Waals surface area contributed by atoms with Crippen molar-refractivity contribution in [1.82, 2.24) is 15.7 Å². The first-order valence-electron chi connectivity index (χ1n) is 9.52. The minimum atomic E-state index is -1.87. The van der Waals surface area contributed by atoms with E-state index >= 15 is 0 Å². The standard InChI is InChI=1S/C19H24FN3O9/c20-12-6-4-11(5-7-12)16(26)21-10-2-1-3-13(17(27)28)22-19(31)23(32)14(18(29)30)8-9-15(24)25/h4-7,13-14,32H,1-3,8-10H2,(H,21,26)(H,22,31)(H,24,25)(H,27,28)(H,29,30)/t13-,14-/m0/s1. The van der Waals surface area contributed by atoms with Crippen LogP contribution in [0.5, 0.6) is 0 Å². The molecule has 0 radical (unpaired) electrons. The predicted molar refractivity (Wildman–Crippen MR) is 104 cm³/mol. The molecule has 6 N–H and O–H groups in total. The lowest BCUT2D eigenvalue weighted by atomic mass is 10.1.